The highest BCUT2D eigenvalue weighted by atomic mass is 35.5. The molecule has 2 aliphatic rings. The van der Waals surface area contributed by atoms with Gasteiger partial charge in [-0.1, -0.05) is 31.6 Å². The normalized spacial score (nSPS) is 30.2. The first-order chi connectivity index (χ1) is 9.91. The average molecular weight is 322 g/mol. The summed E-state index contributed by atoms with van der Waals surface area (Å²) in [5.74, 6) is 1.04. The van der Waals surface area contributed by atoms with E-state index in [-0.39, 0.29) is 17.8 Å². The van der Waals surface area contributed by atoms with Crippen LogP contribution in [0.4, 0.5) is 0 Å². The molecule has 22 heavy (non-hydrogen) atoms. The van der Waals surface area contributed by atoms with Gasteiger partial charge in [0.25, 0.3) is 0 Å². The van der Waals surface area contributed by atoms with Crippen molar-refractivity contribution in [3.63, 3.8) is 0 Å². The minimum atomic E-state index is 0. The van der Waals surface area contributed by atoms with Crippen molar-refractivity contribution in [2.45, 2.75) is 52.0 Å². The van der Waals surface area contributed by atoms with Crippen molar-refractivity contribution in [3.05, 3.63) is 41.0 Å². The van der Waals surface area contributed by atoms with Crippen LogP contribution in [0.3, 0.4) is 0 Å². The van der Waals surface area contributed by atoms with Gasteiger partial charge in [-0.15, -0.1) is 12.4 Å². The van der Waals surface area contributed by atoms with Crippen LogP contribution in [0.1, 0.15) is 45.2 Å². The average Bonchev–Trinajstić information content (AvgIpc) is 2.43. The van der Waals surface area contributed by atoms with E-state index in [1.165, 1.54) is 23.1 Å². The molecule has 0 saturated carbocycles. The molecule has 3 rings (SSSR count). The first kappa shape index (κ1) is 17.4. The SMILES string of the molecule is CC(C)=CCN1CC[C@@]2(C)c3cc(O)ccc3C[C@@H]1C2C.Cl. The highest BCUT2D eigenvalue weighted by Gasteiger charge is 2.48. The Bertz CT molecular complexity index is 579. The van der Waals surface area contributed by atoms with Crippen LogP contribution in [0, 0.1) is 5.92 Å². The van der Waals surface area contributed by atoms with E-state index in [1.807, 2.05) is 12.1 Å². The van der Waals surface area contributed by atoms with E-state index in [0.29, 0.717) is 17.7 Å². The van der Waals surface area contributed by atoms with E-state index < -0.39 is 0 Å². The molecule has 3 heteroatoms. The van der Waals surface area contributed by atoms with Gasteiger partial charge < -0.3 is 5.11 Å². The monoisotopic (exact) mass is 321 g/mol. The number of hydrogen-bond donors (Lipinski definition) is 1. The molecular formula is C19H28ClNO. The third-order valence-electron chi connectivity index (χ3n) is 5.84. The summed E-state index contributed by atoms with van der Waals surface area (Å²) in [5, 5.41) is 9.87. The van der Waals surface area contributed by atoms with Crippen molar-refractivity contribution in [2.24, 2.45) is 5.92 Å². The predicted octanol–water partition coefficient (Wildman–Crippen LogP) is 4.30. The fourth-order valence-corrected chi connectivity index (χ4v) is 4.22. The number of nitrogens with zero attached hydrogens (tertiary/aromatic N) is 1. The summed E-state index contributed by atoms with van der Waals surface area (Å²) in [6, 6.07) is 6.60. The van der Waals surface area contributed by atoms with Gasteiger partial charge in [-0.05, 0) is 67.8 Å². The van der Waals surface area contributed by atoms with Gasteiger partial charge in [0, 0.05) is 12.6 Å². The zero-order chi connectivity index (χ0) is 15.2. The van der Waals surface area contributed by atoms with Crippen LogP contribution in [0.2, 0.25) is 0 Å². The van der Waals surface area contributed by atoms with Crippen LogP contribution in [-0.4, -0.2) is 29.1 Å². The maximum atomic E-state index is 9.87. The zero-order valence-electron chi connectivity index (χ0n) is 14.1. The number of allylic oxidation sites excluding steroid dienone is 1. The number of phenols is 1. The number of fused-ring (bicyclic) bond motifs is 4. The zero-order valence-corrected chi connectivity index (χ0v) is 14.9. The molecule has 1 unspecified atom stereocenters. The van der Waals surface area contributed by atoms with Gasteiger partial charge in [-0.3, -0.25) is 4.90 Å². The lowest BCUT2D eigenvalue weighted by Crippen LogP contribution is -2.57. The van der Waals surface area contributed by atoms with Crippen molar-refractivity contribution in [3.8, 4) is 5.75 Å². The standard InChI is InChI=1S/C19H27NO.ClH/c1-13(2)7-9-20-10-8-19(4)14(3)18(20)11-15-5-6-16(21)12-17(15)19;/h5-7,12,14,18,21H,8-11H2,1-4H3;1H/t14?,18-,19-;/m1./s1. The highest BCUT2D eigenvalue weighted by molar-refractivity contribution is 5.85. The number of aromatic hydroxyl groups is 1. The third kappa shape index (κ3) is 2.79. The van der Waals surface area contributed by atoms with Crippen molar-refractivity contribution >= 4 is 12.4 Å². The molecule has 1 aromatic rings. The molecule has 1 fully saturated rings. The first-order valence-corrected chi connectivity index (χ1v) is 8.11. The molecule has 1 heterocycles. The van der Waals surface area contributed by atoms with Gasteiger partial charge in [0.05, 0.1) is 0 Å². The van der Waals surface area contributed by atoms with Crippen molar-refractivity contribution in [1.29, 1.82) is 0 Å². The second-order valence-corrected chi connectivity index (χ2v) is 7.35. The van der Waals surface area contributed by atoms with Crippen molar-refractivity contribution < 1.29 is 5.11 Å². The molecular weight excluding hydrogens is 294 g/mol. The van der Waals surface area contributed by atoms with Crippen LogP contribution >= 0.6 is 12.4 Å². The quantitative estimate of drug-likeness (QED) is 0.821. The molecule has 0 aromatic heterocycles. The Morgan fingerprint density at radius 1 is 1.41 bits per heavy atom. The Morgan fingerprint density at radius 2 is 2.14 bits per heavy atom. The largest absolute Gasteiger partial charge is 0.508 e. The summed E-state index contributed by atoms with van der Waals surface area (Å²) in [6.45, 7) is 11.4. The van der Waals surface area contributed by atoms with E-state index >= 15 is 0 Å². The summed E-state index contributed by atoms with van der Waals surface area (Å²) < 4.78 is 0. The van der Waals surface area contributed by atoms with Crippen molar-refractivity contribution in [2.75, 3.05) is 13.1 Å². The number of likely N-dealkylation sites (tertiary alicyclic amines) is 1. The molecule has 1 aliphatic heterocycles. The van der Waals surface area contributed by atoms with E-state index in [2.05, 4.69) is 44.7 Å². The van der Waals surface area contributed by atoms with Gasteiger partial charge in [0.2, 0.25) is 0 Å². The first-order valence-electron chi connectivity index (χ1n) is 8.11. The van der Waals surface area contributed by atoms with Crippen LogP contribution in [-0.2, 0) is 11.8 Å². The molecule has 1 N–H and O–H groups in total. The van der Waals surface area contributed by atoms with Crippen LogP contribution in [0.15, 0.2) is 29.8 Å². The van der Waals surface area contributed by atoms with Gasteiger partial charge >= 0.3 is 0 Å². The Labute approximate surface area is 140 Å². The molecule has 1 saturated heterocycles. The number of phenolic OH excluding ortho intramolecular Hbond substituents is 1. The predicted molar refractivity (Wildman–Crippen MR) is 95.0 cm³/mol. The second kappa shape index (κ2) is 6.25. The summed E-state index contributed by atoms with van der Waals surface area (Å²) in [4.78, 5) is 2.65. The smallest absolute Gasteiger partial charge is 0.115 e. The summed E-state index contributed by atoms with van der Waals surface area (Å²) >= 11 is 0. The molecule has 1 aromatic carbocycles. The molecule has 2 bridgehead atoms. The third-order valence-corrected chi connectivity index (χ3v) is 5.84. The van der Waals surface area contributed by atoms with E-state index in [1.54, 1.807) is 0 Å². The van der Waals surface area contributed by atoms with Crippen LogP contribution < -0.4 is 0 Å². The fourth-order valence-electron chi connectivity index (χ4n) is 4.22. The molecule has 3 atom stereocenters. The molecule has 0 amide bonds. The number of rotatable bonds is 2. The molecule has 0 spiro atoms. The molecule has 1 aliphatic carbocycles. The Balaban J connectivity index is 0.00000176. The van der Waals surface area contributed by atoms with Gasteiger partial charge in [0.15, 0.2) is 0 Å². The van der Waals surface area contributed by atoms with Crippen LogP contribution in [0.5, 0.6) is 5.75 Å². The molecule has 122 valence electrons. The van der Waals surface area contributed by atoms with E-state index in [0.717, 1.165) is 19.5 Å². The Kier molecular flexibility index (Phi) is 4.93. The fraction of sp³-hybridized carbons (Fsp3) is 0.579. The molecule has 0 radical (unpaired) electrons. The van der Waals surface area contributed by atoms with Crippen molar-refractivity contribution in [1.82, 2.24) is 4.90 Å². The maximum Gasteiger partial charge on any atom is 0.115 e. The number of halogens is 1. The summed E-state index contributed by atoms with van der Waals surface area (Å²) in [7, 11) is 0. The number of benzene rings is 1. The van der Waals surface area contributed by atoms with Crippen LogP contribution in [0.25, 0.3) is 0 Å². The lowest BCUT2D eigenvalue weighted by molar-refractivity contribution is 0.0397. The topological polar surface area (TPSA) is 23.5 Å². The minimum absolute atomic E-state index is 0. The number of piperidine rings is 1. The highest BCUT2D eigenvalue weighted by Crippen LogP contribution is 2.49. The Hall–Kier alpha value is -0.990. The van der Waals surface area contributed by atoms with Gasteiger partial charge in [-0.25, -0.2) is 0 Å². The minimum Gasteiger partial charge on any atom is -0.508 e. The molecule has 2 nitrogen and oxygen atoms in total. The Morgan fingerprint density at radius 3 is 2.82 bits per heavy atom. The summed E-state index contributed by atoms with van der Waals surface area (Å²) in [5.41, 5.74) is 4.42. The van der Waals surface area contributed by atoms with Gasteiger partial charge in [-0.2, -0.15) is 0 Å². The second-order valence-electron chi connectivity index (χ2n) is 7.35. The van der Waals surface area contributed by atoms with E-state index in [4.69, 9.17) is 0 Å². The number of hydrogen-bond acceptors (Lipinski definition) is 2. The van der Waals surface area contributed by atoms with Gasteiger partial charge in [0.1, 0.15) is 5.75 Å². The van der Waals surface area contributed by atoms with E-state index in [9.17, 15) is 5.11 Å². The lowest BCUT2D eigenvalue weighted by atomic mass is 9.59. The summed E-state index contributed by atoms with van der Waals surface area (Å²) in [6.07, 6.45) is 4.64. The lowest BCUT2D eigenvalue weighted by Gasteiger charge is -2.54. The maximum absolute atomic E-state index is 9.87.